The maximum Gasteiger partial charge on any atom is 0.303 e. The molecule has 2 aromatic carbocycles. The van der Waals surface area contributed by atoms with Crippen LogP contribution in [0, 0.1) is 5.92 Å². The van der Waals surface area contributed by atoms with Gasteiger partial charge in [0.25, 0.3) is 0 Å². The molecule has 1 amide bonds. The van der Waals surface area contributed by atoms with E-state index in [1.807, 2.05) is 48.5 Å². The van der Waals surface area contributed by atoms with Crippen LogP contribution in [0.25, 0.3) is 6.08 Å². The van der Waals surface area contributed by atoms with Crippen LogP contribution in [0.2, 0.25) is 10.0 Å². The Balaban J connectivity index is 1.70. The van der Waals surface area contributed by atoms with Crippen LogP contribution in [0.3, 0.4) is 0 Å². The molecule has 0 unspecified atom stereocenters. The number of nitrogens with zero attached hydrogens (tertiary/aromatic N) is 2. The van der Waals surface area contributed by atoms with E-state index in [2.05, 4.69) is 6.08 Å². The zero-order valence-corrected chi connectivity index (χ0v) is 18.3. The SMILES string of the molecule is O=C(O)CCC(=O)N1N=C2/C(=C/c3ccc(Cl)cc3)CCC[C@H]2[C@@H]1c1ccc(Cl)cc1. The molecule has 0 saturated heterocycles. The van der Waals surface area contributed by atoms with Gasteiger partial charge in [0.15, 0.2) is 0 Å². The number of hydrogen-bond donors (Lipinski definition) is 1. The number of aliphatic carboxylic acids is 1. The van der Waals surface area contributed by atoms with Gasteiger partial charge in [0.05, 0.1) is 18.2 Å². The van der Waals surface area contributed by atoms with Crippen molar-refractivity contribution in [2.24, 2.45) is 11.0 Å². The van der Waals surface area contributed by atoms with E-state index < -0.39 is 5.97 Å². The van der Waals surface area contributed by atoms with Gasteiger partial charge in [-0.15, -0.1) is 0 Å². The first-order chi connectivity index (χ1) is 14.9. The van der Waals surface area contributed by atoms with Crippen LogP contribution in [0.5, 0.6) is 0 Å². The lowest BCUT2D eigenvalue weighted by atomic mass is 9.77. The molecule has 0 bridgehead atoms. The second kappa shape index (κ2) is 9.25. The van der Waals surface area contributed by atoms with Crippen LogP contribution >= 0.6 is 23.2 Å². The third-order valence-electron chi connectivity index (χ3n) is 5.73. The summed E-state index contributed by atoms with van der Waals surface area (Å²) in [5.74, 6) is -1.22. The fourth-order valence-corrected chi connectivity index (χ4v) is 4.54. The Hall–Kier alpha value is -2.63. The molecule has 1 saturated carbocycles. The van der Waals surface area contributed by atoms with Crippen molar-refractivity contribution in [2.75, 3.05) is 0 Å². The van der Waals surface area contributed by atoms with Crippen molar-refractivity contribution in [3.8, 4) is 0 Å². The highest BCUT2D eigenvalue weighted by Gasteiger charge is 2.43. The minimum Gasteiger partial charge on any atom is -0.481 e. The fraction of sp³-hybridized carbons (Fsp3) is 0.292. The predicted molar refractivity (Wildman–Crippen MR) is 122 cm³/mol. The molecule has 0 radical (unpaired) electrons. The second-order valence-corrected chi connectivity index (χ2v) is 8.71. The number of amides is 1. The fourth-order valence-electron chi connectivity index (χ4n) is 4.29. The molecule has 0 aromatic heterocycles. The molecule has 7 heteroatoms. The zero-order valence-electron chi connectivity index (χ0n) is 16.8. The highest BCUT2D eigenvalue weighted by Crippen LogP contribution is 2.44. The van der Waals surface area contributed by atoms with E-state index in [0.29, 0.717) is 10.0 Å². The van der Waals surface area contributed by atoms with Gasteiger partial charge in [-0.3, -0.25) is 9.59 Å². The lowest BCUT2D eigenvalue weighted by Gasteiger charge is -2.29. The van der Waals surface area contributed by atoms with Gasteiger partial charge in [0.2, 0.25) is 5.91 Å². The third-order valence-corrected chi connectivity index (χ3v) is 6.24. The van der Waals surface area contributed by atoms with Gasteiger partial charge in [0.1, 0.15) is 0 Å². The number of rotatable bonds is 5. The van der Waals surface area contributed by atoms with Gasteiger partial charge in [-0.25, -0.2) is 5.01 Å². The molecule has 2 aliphatic rings. The summed E-state index contributed by atoms with van der Waals surface area (Å²) in [5, 5.41) is 16.6. The van der Waals surface area contributed by atoms with Crippen molar-refractivity contribution in [1.29, 1.82) is 0 Å². The molecule has 2 aromatic rings. The molecule has 1 N–H and O–H groups in total. The molecule has 1 fully saturated rings. The molecule has 1 aliphatic heterocycles. The van der Waals surface area contributed by atoms with Crippen molar-refractivity contribution in [2.45, 2.75) is 38.1 Å². The zero-order chi connectivity index (χ0) is 22.0. The van der Waals surface area contributed by atoms with E-state index in [4.69, 9.17) is 33.4 Å². The van der Waals surface area contributed by atoms with Gasteiger partial charge in [-0.2, -0.15) is 5.10 Å². The number of carboxylic acids is 1. The first-order valence-corrected chi connectivity index (χ1v) is 11.0. The van der Waals surface area contributed by atoms with Gasteiger partial charge in [-0.1, -0.05) is 47.5 Å². The molecular weight excluding hydrogens is 435 g/mol. The minimum absolute atomic E-state index is 0.0576. The number of fused-ring (bicyclic) bond motifs is 1. The number of halogens is 2. The highest BCUT2D eigenvalue weighted by atomic mass is 35.5. The smallest absolute Gasteiger partial charge is 0.303 e. The van der Waals surface area contributed by atoms with Crippen molar-refractivity contribution in [1.82, 2.24) is 5.01 Å². The summed E-state index contributed by atoms with van der Waals surface area (Å²) in [4.78, 5) is 23.9. The van der Waals surface area contributed by atoms with Gasteiger partial charge in [0, 0.05) is 22.4 Å². The summed E-state index contributed by atoms with van der Waals surface area (Å²) in [6, 6.07) is 14.8. The van der Waals surface area contributed by atoms with Gasteiger partial charge in [-0.05, 0) is 66.3 Å². The Morgan fingerprint density at radius 3 is 2.32 bits per heavy atom. The summed E-state index contributed by atoms with van der Waals surface area (Å²) >= 11 is 12.1. The maximum absolute atomic E-state index is 12.9. The molecular formula is C24H22Cl2N2O3. The lowest BCUT2D eigenvalue weighted by molar-refractivity contribution is -0.141. The van der Waals surface area contributed by atoms with Crippen LogP contribution in [-0.2, 0) is 9.59 Å². The molecule has 31 heavy (non-hydrogen) atoms. The third kappa shape index (κ3) is 4.83. The monoisotopic (exact) mass is 456 g/mol. The van der Waals surface area contributed by atoms with Crippen molar-refractivity contribution in [3.63, 3.8) is 0 Å². The summed E-state index contributed by atoms with van der Waals surface area (Å²) < 4.78 is 0. The normalized spacial score (nSPS) is 21.7. The van der Waals surface area contributed by atoms with Crippen LogP contribution in [0.1, 0.15) is 49.3 Å². The minimum atomic E-state index is -0.996. The number of carboxylic acid groups (broad SMARTS) is 1. The highest BCUT2D eigenvalue weighted by molar-refractivity contribution is 6.30. The number of carbonyl (C=O) groups excluding carboxylic acids is 1. The maximum atomic E-state index is 12.9. The van der Waals surface area contributed by atoms with E-state index in [9.17, 15) is 9.59 Å². The van der Waals surface area contributed by atoms with E-state index in [-0.39, 0.29) is 30.7 Å². The van der Waals surface area contributed by atoms with Gasteiger partial charge >= 0.3 is 5.97 Å². The van der Waals surface area contributed by atoms with Crippen LogP contribution < -0.4 is 0 Å². The number of hydrazone groups is 1. The largest absolute Gasteiger partial charge is 0.481 e. The predicted octanol–water partition coefficient (Wildman–Crippen LogP) is 5.98. The van der Waals surface area contributed by atoms with Crippen molar-refractivity contribution >= 4 is 46.9 Å². The van der Waals surface area contributed by atoms with Gasteiger partial charge < -0.3 is 5.11 Å². The summed E-state index contributed by atoms with van der Waals surface area (Å²) in [7, 11) is 0. The number of allylic oxidation sites excluding steroid dienone is 1. The molecule has 4 rings (SSSR count). The van der Waals surface area contributed by atoms with E-state index in [1.54, 1.807) is 0 Å². The topological polar surface area (TPSA) is 70.0 Å². The van der Waals surface area contributed by atoms with E-state index >= 15 is 0 Å². The van der Waals surface area contributed by atoms with Crippen molar-refractivity contribution in [3.05, 3.63) is 75.3 Å². The van der Waals surface area contributed by atoms with Crippen LogP contribution in [0.15, 0.2) is 59.2 Å². The molecule has 160 valence electrons. The quantitative estimate of drug-likeness (QED) is 0.601. The molecule has 1 heterocycles. The first kappa shape index (κ1) is 21.6. The average Bonchev–Trinajstić information content (AvgIpc) is 3.15. The summed E-state index contributed by atoms with van der Waals surface area (Å²) in [6.45, 7) is 0. The van der Waals surface area contributed by atoms with E-state index in [0.717, 1.165) is 41.7 Å². The van der Waals surface area contributed by atoms with Crippen molar-refractivity contribution < 1.29 is 14.7 Å². The molecule has 0 spiro atoms. The number of carbonyl (C=O) groups is 2. The Morgan fingerprint density at radius 2 is 1.68 bits per heavy atom. The first-order valence-electron chi connectivity index (χ1n) is 10.3. The Bertz CT molecular complexity index is 1050. The van der Waals surface area contributed by atoms with Crippen LogP contribution in [0.4, 0.5) is 0 Å². The summed E-state index contributed by atoms with van der Waals surface area (Å²) in [5.41, 5.74) is 3.99. The Morgan fingerprint density at radius 1 is 1.03 bits per heavy atom. The molecule has 5 nitrogen and oxygen atoms in total. The van der Waals surface area contributed by atoms with E-state index in [1.165, 1.54) is 5.01 Å². The standard InChI is InChI=1S/C24H22Cl2N2O3/c25-18-8-4-15(5-9-18)14-17-2-1-3-20-23(17)27-28(21(29)12-13-22(30)31)24(20)16-6-10-19(26)11-7-16/h4-11,14,20,24H,1-3,12-13H2,(H,30,31)/b17-14+/t20-,24+/m1/s1. The Kier molecular flexibility index (Phi) is 6.44. The second-order valence-electron chi connectivity index (χ2n) is 7.83. The Labute approximate surface area is 191 Å². The number of benzene rings is 2. The lowest BCUT2D eigenvalue weighted by Crippen LogP contribution is -2.32. The molecule has 1 aliphatic carbocycles. The molecule has 2 atom stereocenters. The van der Waals surface area contributed by atoms with Crippen LogP contribution in [-0.4, -0.2) is 27.7 Å². The summed E-state index contributed by atoms with van der Waals surface area (Å²) in [6.07, 6.45) is 4.58. The number of hydrogen-bond acceptors (Lipinski definition) is 3. The average molecular weight is 457 g/mol.